The number of rotatable bonds is 0. The second-order valence-electron chi connectivity index (χ2n) is 2.48. The highest BCUT2D eigenvalue weighted by Crippen LogP contribution is 1.82. The van der Waals surface area contributed by atoms with E-state index in [1.165, 1.54) is 0 Å². The second kappa shape index (κ2) is 3.00. The maximum absolute atomic E-state index is 5.49. The van der Waals surface area contributed by atoms with Crippen molar-refractivity contribution >= 4 is 72.2 Å². The van der Waals surface area contributed by atoms with Crippen molar-refractivity contribution in [3.05, 3.63) is 0 Å². The van der Waals surface area contributed by atoms with E-state index in [-0.39, 0.29) is 33.0 Å². The van der Waals surface area contributed by atoms with Crippen molar-refractivity contribution in [2.45, 2.75) is 0 Å². The van der Waals surface area contributed by atoms with Gasteiger partial charge in [-0.15, -0.1) is 16.4 Å². The fourth-order valence-electron chi connectivity index (χ4n) is 0.871. The van der Waals surface area contributed by atoms with Crippen LogP contribution in [0.2, 0.25) is 0 Å². The molecule has 0 bridgehead atoms. The van der Waals surface area contributed by atoms with Crippen molar-refractivity contribution in [3.8, 4) is 0 Å². The number of nitrogens with two attached hydrogens (primary N) is 1. The molecule has 1 aromatic rings. The molecule has 0 aromatic heterocycles. The molecule has 0 atom stereocenters. The Hall–Kier alpha value is -0.655. The molecule has 12 heavy (non-hydrogen) atoms. The van der Waals surface area contributed by atoms with Gasteiger partial charge in [-0.25, -0.2) is 0 Å². The third-order valence-electron chi connectivity index (χ3n) is 1.74. The smallest absolute Gasteiger partial charge is 0.115 e. The molecule has 6 heteroatoms. The summed E-state index contributed by atoms with van der Waals surface area (Å²) < 4.78 is 0. The molecule has 0 amide bonds. The van der Waals surface area contributed by atoms with Gasteiger partial charge >= 0.3 is 0 Å². The molecule has 0 saturated carbocycles. The summed E-state index contributed by atoms with van der Waals surface area (Å²) in [4.78, 5) is 0. The summed E-state index contributed by atoms with van der Waals surface area (Å²) in [6, 6.07) is 0. The van der Waals surface area contributed by atoms with Crippen LogP contribution < -0.4 is 33.0 Å². The van der Waals surface area contributed by atoms with E-state index < -0.39 is 0 Å². The van der Waals surface area contributed by atoms with Crippen LogP contribution in [0.15, 0.2) is 0 Å². The molecule has 0 aliphatic carbocycles. The van der Waals surface area contributed by atoms with Crippen LogP contribution in [0.4, 0.5) is 5.69 Å². The molecule has 2 N–H and O–H groups in total. The molecule has 0 spiro atoms. The number of hydrogen-bond acceptors (Lipinski definition) is 1. The Morgan fingerprint density at radius 3 is 1.17 bits per heavy atom. The summed E-state index contributed by atoms with van der Waals surface area (Å²) in [5, 5.41) is 0. The predicted octanol–water partition coefficient (Wildman–Crippen LogP) is -4.76. The Balaban J connectivity index is 3.60. The predicted molar refractivity (Wildman–Crippen MR) is 57.8 cm³/mol. The van der Waals surface area contributed by atoms with Gasteiger partial charge in [-0.1, -0.05) is 10.9 Å². The normalized spacial score (nSPS) is 10.0. The highest BCUT2D eigenvalue weighted by atomic mass is 14.6. The summed E-state index contributed by atoms with van der Waals surface area (Å²) in [5.41, 5.74) is 6.57. The van der Waals surface area contributed by atoms with Crippen molar-refractivity contribution in [2.75, 3.05) is 5.73 Å². The van der Waals surface area contributed by atoms with Crippen molar-refractivity contribution in [2.24, 2.45) is 0 Å². The fourth-order valence-corrected chi connectivity index (χ4v) is 0.871. The van der Waals surface area contributed by atoms with E-state index in [0.29, 0.717) is 0 Å². The molecule has 1 rings (SSSR count). The van der Waals surface area contributed by atoms with Gasteiger partial charge in [0.15, 0.2) is 0 Å². The first-order valence-electron chi connectivity index (χ1n) is 3.23. The van der Waals surface area contributed by atoms with Gasteiger partial charge in [-0.2, -0.15) is 0 Å². The maximum Gasteiger partial charge on any atom is 0.115 e. The molecule has 1 aromatic carbocycles. The minimum atomic E-state index is 0.180. The van der Waals surface area contributed by atoms with Crippen LogP contribution in [0.5, 0.6) is 0 Å². The quantitative estimate of drug-likeness (QED) is 0.286. The second-order valence-corrected chi connectivity index (χ2v) is 2.48. The zero-order valence-corrected chi connectivity index (χ0v) is 6.46. The molecule has 0 aliphatic heterocycles. The molecule has 0 fully saturated rings. The van der Waals surface area contributed by atoms with Crippen LogP contribution in [0.3, 0.4) is 0 Å². The van der Waals surface area contributed by atoms with E-state index in [4.69, 9.17) is 45.0 Å². The first-order chi connectivity index (χ1) is 5.46. The van der Waals surface area contributed by atoms with Crippen LogP contribution in [-0.4, -0.2) is 39.2 Å². The summed E-state index contributed by atoms with van der Waals surface area (Å²) in [5.74, 6) is 0. The monoisotopic (exact) mass is 143 g/mol. The molecular formula is C6H2B5N. The molecule has 1 nitrogen and oxygen atoms in total. The largest absolute Gasteiger partial charge is 0.400 e. The lowest BCUT2D eigenvalue weighted by atomic mass is 9.62. The number of anilines is 1. The minimum absolute atomic E-state index is 0.180. The summed E-state index contributed by atoms with van der Waals surface area (Å²) in [6.07, 6.45) is 0. The van der Waals surface area contributed by atoms with Crippen molar-refractivity contribution < 1.29 is 0 Å². The van der Waals surface area contributed by atoms with E-state index in [0.717, 1.165) is 0 Å². The van der Waals surface area contributed by atoms with Crippen LogP contribution in [0.1, 0.15) is 0 Å². The highest BCUT2D eigenvalue weighted by Gasteiger charge is 2.06. The van der Waals surface area contributed by atoms with Crippen LogP contribution >= 0.6 is 0 Å². The topological polar surface area (TPSA) is 26.0 Å². The number of benzene rings is 1. The molecule has 0 heterocycles. The van der Waals surface area contributed by atoms with Crippen molar-refractivity contribution in [1.29, 1.82) is 0 Å². The third kappa shape index (κ3) is 1.19. The molecular weight excluding hydrogens is 140 g/mol. The van der Waals surface area contributed by atoms with Crippen LogP contribution in [0.25, 0.3) is 0 Å². The van der Waals surface area contributed by atoms with Gasteiger partial charge in [0.05, 0.1) is 0 Å². The average molecular weight is 142 g/mol. The van der Waals surface area contributed by atoms with Crippen molar-refractivity contribution in [3.63, 3.8) is 0 Å². The van der Waals surface area contributed by atoms with Gasteiger partial charge < -0.3 is 5.73 Å². The van der Waals surface area contributed by atoms with E-state index in [1.54, 1.807) is 0 Å². The SMILES string of the molecule is [B]c1c([B])c([B])c(N)c([B])c1[B]. The molecule has 46 valence electrons. The van der Waals surface area contributed by atoms with E-state index >= 15 is 0 Å². The maximum atomic E-state index is 5.49. The summed E-state index contributed by atoms with van der Waals surface area (Å²) >= 11 is 0. The lowest BCUT2D eigenvalue weighted by Gasteiger charge is -2.17. The lowest BCUT2D eigenvalue weighted by molar-refractivity contribution is 1.92. The summed E-state index contributed by atoms with van der Waals surface area (Å²) in [6.45, 7) is 0. The molecule has 10 radical (unpaired) electrons. The van der Waals surface area contributed by atoms with Gasteiger partial charge in [0, 0.05) is 5.69 Å². The zero-order valence-electron chi connectivity index (χ0n) is 6.46. The van der Waals surface area contributed by atoms with E-state index in [2.05, 4.69) is 0 Å². The van der Waals surface area contributed by atoms with Crippen LogP contribution in [-0.2, 0) is 0 Å². The molecule has 0 aliphatic rings. The zero-order chi connectivity index (χ0) is 9.46. The fraction of sp³-hybridized carbons (Fsp3) is 0. The van der Waals surface area contributed by atoms with Gasteiger partial charge in [-0.3, -0.25) is 0 Å². The number of hydrogen-bond donors (Lipinski definition) is 1. The van der Waals surface area contributed by atoms with Gasteiger partial charge in [0.1, 0.15) is 39.2 Å². The Morgan fingerprint density at radius 2 is 0.833 bits per heavy atom. The first-order valence-corrected chi connectivity index (χ1v) is 3.23. The Morgan fingerprint density at radius 1 is 0.583 bits per heavy atom. The lowest BCUT2D eigenvalue weighted by Crippen LogP contribution is -2.55. The first kappa shape index (κ1) is 9.43. The number of nitrogen functional groups attached to an aromatic ring is 1. The minimum Gasteiger partial charge on any atom is -0.400 e. The Kier molecular flexibility index (Phi) is 2.36. The Labute approximate surface area is 78.5 Å². The van der Waals surface area contributed by atoms with Crippen molar-refractivity contribution in [1.82, 2.24) is 0 Å². The third-order valence-corrected chi connectivity index (χ3v) is 1.74. The van der Waals surface area contributed by atoms with E-state index in [9.17, 15) is 0 Å². The van der Waals surface area contributed by atoms with E-state index in [1.807, 2.05) is 0 Å². The Bertz CT molecular complexity index is 230. The van der Waals surface area contributed by atoms with Gasteiger partial charge in [0.2, 0.25) is 0 Å². The molecule has 0 unspecified atom stereocenters. The van der Waals surface area contributed by atoms with Gasteiger partial charge in [-0.05, 0) is 0 Å². The highest BCUT2D eigenvalue weighted by molar-refractivity contribution is 6.68. The average Bonchev–Trinajstić information content (AvgIpc) is 2.08. The standard InChI is InChI=1S/C6H2B5N/c7-1-2(8)4(10)6(12)5(11)3(1)9/h12H2. The molecule has 0 saturated heterocycles. The van der Waals surface area contributed by atoms with Crippen LogP contribution in [0, 0.1) is 0 Å². The summed E-state index contributed by atoms with van der Waals surface area (Å²) in [7, 11) is 27.4. The van der Waals surface area contributed by atoms with Gasteiger partial charge in [0.25, 0.3) is 0 Å².